The van der Waals surface area contributed by atoms with Gasteiger partial charge in [-0.1, -0.05) is 0 Å². The molecule has 0 fully saturated rings. The zero-order valence-electron chi connectivity index (χ0n) is 10.3. The molecule has 0 bridgehead atoms. The van der Waals surface area contributed by atoms with Crippen molar-refractivity contribution in [3.05, 3.63) is 59.1 Å². The summed E-state index contributed by atoms with van der Waals surface area (Å²) in [5, 5.41) is 3.16. The van der Waals surface area contributed by atoms with Crippen molar-refractivity contribution in [1.29, 1.82) is 0 Å². The average Bonchev–Trinajstić information content (AvgIpc) is 2.71. The lowest BCUT2D eigenvalue weighted by Gasteiger charge is -2.11. The normalized spacial score (nSPS) is 12.7. The Kier molecular flexibility index (Phi) is 3.77. The highest BCUT2D eigenvalue weighted by atomic mass is 19.1. The second-order valence-corrected chi connectivity index (χ2v) is 4.33. The summed E-state index contributed by atoms with van der Waals surface area (Å²) in [4.78, 5) is 0. The van der Waals surface area contributed by atoms with Gasteiger partial charge in [-0.3, -0.25) is 0 Å². The molecule has 0 radical (unpaired) electrons. The van der Waals surface area contributed by atoms with Crippen LogP contribution in [0.1, 0.15) is 30.0 Å². The summed E-state index contributed by atoms with van der Waals surface area (Å²) in [6.45, 7) is 4.20. The fraction of sp³-hybridized carbons (Fsp3) is 0.286. The zero-order valence-corrected chi connectivity index (χ0v) is 10.3. The summed E-state index contributed by atoms with van der Waals surface area (Å²) in [6.07, 6.45) is 0. The number of rotatable bonds is 4. The Hall–Kier alpha value is -1.68. The Morgan fingerprint density at radius 2 is 1.83 bits per heavy atom. The molecule has 1 atom stereocenters. The maximum atomic E-state index is 13.0. The van der Waals surface area contributed by atoms with Crippen LogP contribution in [0.5, 0.6) is 0 Å². The van der Waals surface area contributed by atoms with Gasteiger partial charge < -0.3 is 9.73 Å². The number of halogens is 2. The molecule has 1 N–H and O–H groups in total. The number of furan rings is 1. The van der Waals surface area contributed by atoms with Gasteiger partial charge in [0.1, 0.15) is 23.2 Å². The predicted molar refractivity (Wildman–Crippen MR) is 65.1 cm³/mol. The van der Waals surface area contributed by atoms with E-state index in [1.165, 1.54) is 12.1 Å². The third-order valence-corrected chi connectivity index (χ3v) is 2.72. The van der Waals surface area contributed by atoms with E-state index in [0.29, 0.717) is 12.1 Å². The molecule has 2 aromatic rings. The quantitative estimate of drug-likeness (QED) is 0.896. The van der Waals surface area contributed by atoms with Crippen LogP contribution < -0.4 is 5.32 Å². The third-order valence-electron chi connectivity index (χ3n) is 2.72. The van der Waals surface area contributed by atoms with Gasteiger partial charge in [0.05, 0.1) is 6.04 Å². The first-order chi connectivity index (χ1) is 8.54. The Morgan fingerprint density at radius 1 is 1.17 bits per heavy atom. The van der Waals surface area contributed by atoms with Crippen molar-refractivity contribution in [2.45, 2.75) is 26.4 Å². The number of aryl methyl sites for hydroxylation is 1. The first-order valence-electron chi connectivity index (χ1n) is 5.79. The lowest BCUT2D eigenvalue weighted by molar-refractivity contribution is 0.415. The Balaban J connectivity index is 1.99. The van der Waals surface area contributed by atoms with Crippen molar-refractivity contribution >= 4 is 0 Å². The fourth-order valence-corrected chi connectivity index (χ4v) is 1.77. The molecule has 0 saturated carbocycles. The smallest absolute Gasteiger partial charge is 0.126 e. The minimum Gasteiger partial charge on any atom is -0.465 e. The van der Waals surface area contributed by atoms with Crippen molar-refractivity contribution in [1.82, 2.24) is 5.32 Å². The standard InChI is InChI=1S/C14H15F2NO/c1-9-3-4-14(18-9)10(2)17-8-11-5-12(15)7-13(16)6-11/h3-7,10,17H,8H2,1-2H3. The van der Waals surface area contributed by atoms with Crippen molar-refractivity contribution in [3.63, 3.8) is 0 Å². The Bertz CT molecular complexity index is 516. The molecule has 0 aliphatic carbocycles. The molecular weight excluding hydrogens is 236 g/mol. The Morgan fingerprint density at radius 3 is 2.39 bits per heavy atom. The van der Waals surface area contributed by atoms with Crippen LogP contribution in [0.2, 0.25) is 0 Å². The average molecular weight is 251 g/mol. The highest BCUT2D eigenvalue weighted by molar-refractivity contribution is 5.18. The number of hydrogen-bond donors (Lipinski definition) is 1. The molecule has 0 spiro atoms. The minimum absolute atomic E-state index is 0.00923. The van der Waals surface area contributed by atoms with Crippen molar-refractivity contribution in [2.24, 2.45) is 0 Å². The highest BCUT2D eigenvalue weighted by Gasteiger charge is 2.09. The van der Waals surface area contributed by atoms with Crippen LogP contribution in [0.4, 0.5) is 8.78 Å². The van der Waals surface area contributed by atoms with Gasteiger partial charge in [0.25, 0.3) is 0 Å². The van der Waals surface area contributed by atoms with Crippen molar-refractivity contribution < 1.29 is 13.2 Å². The van der Waals surface area contributed by atoms with E-state index in [1.54, 1.807) is 0 Å². The summed E-state index contributed by atoms with van der Waals surface area (Å²) >= 11 is 0. The van der Waals surface area contributed by atoms with E-state index in [-0.39, 0.29) is 6.04 Å². The predicted octanol–water partition coefficient (Wildman–Crippen LogP) is 3.72. The van der Waals surface area contributed by atoms with Gasteiger partial charge in [0.2, 0.25) is 0 Å². The van der Waals surface area contributed by atoms with E-state index in [2.05, 4.69) is 5.32 Å². The van der Waals surface area contributed by atoms with Gasteiger partial charge in [-0.15, -0.1) is 0 Å². The topological polar surface area (TPSA) is 25.2 Å². The van der Waals surface area contributed by atoms with Gasteiger partial charge in [-0.25, -0.2) is 8.78 Å². The van der Waals surface area contributed by atoms with E-state index in [9.17, 15) is 8.78 Å². The van der Waals surface area contributed by atoms with Gasteiger partial charge >= 0.3 is 0 Å². The summed E-state index contributed by atoms with van der Waals surface area (Å²) < 4.78 is 31.5. The molecule has 18 heavy (non-hydrogen) atoms. The van der Waals surface area contributed by atoms with E-state index >= 15 is 0 Å². The largest absolute Gasteiger partial charge is 0.465 e. The van der Waals surface area contributed by atoms with E-state index in [0.717, 1.165) is 17.6 Å². The van der Waals surface area contributed by atoms with E-state index in [1.807, 2.05) is 26.0 Å². The maximum absolute atomic E-state index is 13.0. The van der Waals surface area contributed by atoms with Gasteiger partial charge in [-0.2, -0.15) is 0 Å². The molecule has 0 aliphatic rings. The molecule has 1 aromatic heterocycles. The molecular formula is C14H15F2NO. The third kappa shape index (κ3) is 3.17. The summed E-state index contributed by atoms with van der Waals surface area (Å²) in [6, 6.07) is 7.26. The molecule has 0 saturated heterocycles. The second-order valence-electron chi connectivity index (χ2n) is 4.33. The Labute approximate surface area is 105 Å². The summed E-state index contributed by atoms with van der Waals surface area (Å²) in [5.74, 6) is 0.529. The molecule has 0 amide bonds. The van der Waals surface area contributed by atoms with Crippen LogP contribution in [0.15, 0.2) is 34.7 Å². The number of nitrogens with one attached hydrogen (secondary N) is 1. The van der Waals surface area contributed by atoms with E-state index < -0.39 is 11.6 Å². The van der Waals surface area contributed by atoms with Crippen molar-refractivity contribution in [3.8, 4) is 0 Å². The molecule has 2 rings (SSSR count). The van der Waals surface area contributed by atoms with Crippen LogP contribution >= 0.6 is 0 Å². The van der Waals surface area contributed by atoms with Crippen LogP contribution in [-0.2, 0) is 6.54 Å². The molecule has 1 heterocycles. The molecule has 0 aliphatic heterocycles. The molecule has 1 aromatic carbocycles. The van der Waals surface area contributed by atoms with Gasteiger partial charge in [0.15, 0.2) is 0 Å². The minimum atomic E-state index is -0.562. The monoisotopic (exact) mass is 251 g/mol. The lowest BCUT2D eigenvalue weighted by atomic mass is 10.2. The molecule has 1 unspecified atom stereocenters. The van der Waals surface area contributed by atoms with Gasteiger partial charge in [-0.05, 0) is 43.7 Å². The SMILES string of the molecule is Cc1ccc(C(C)NCc2cc(F)cc(F)c2)o1. The van der Waals surface area contributed by atoms with Crippen molar-refractivity contribution in [2.75, 3.05) is 0 Å². The fourth-order valence-electron chi connectivity index (χ4n) is 1.77. The maximum Gasteiger partial charge on any atom is 0.126 e. The van der Waals surface area contributed by atoms with Crippen LogP contribution in [0.25, 0.3) is 0 Å². The molecule has 2 nitrogen and oxygen atoms in total. The number of benzene rings is 1. The summed E-state index contributed by atoms with van der Waals surface area (Å²) in [7, 11) is 0. The van der Waals surface area contributed by atoms with Crippen LogP contribution in [0.3, 0.4) is 0 Å². The van der Waals surface area contributed by atoms with Gasteiger partial charge in [0, 0.05) is 12.6 Å². The summed E-state index contributed by atoms with van der Waals surface area (Å²) in [5.41, 5.74) is 0.572. The highest BCUT2D eigenvalue weighted by Crippen LogP contribution is 2.16. The molecule has 4 heteroatoms. The van der Waals surface area contributed by atoms with Crippen LogP contribution in [0, 0.1) is 18.6 Å². The van der Waals surface area contributed by atoms with Crippen LogP contribution in [-0.4, -0.2) is 0 Å². The first-order valence-corrected chi connectivity index (χ1v) is 5.79. The van der Waals surface area contributed by atoms with E-state index in [4.69, 9.17) is 4.42 Å². The second kappa shape index (κ2) is 5.31. The zero-order chi connectivity index (χ0) is 13.1. The first kappa shape index (κ1) is 12.8. The number of hydrogen-bond acceptors (Lipinski definition) is 2. The lowest BCUT2D eigenvalue weighted by Crippen LogP contribution is -2.17. The molecule has 96 valence electrons.